The maximum absolute atomic E-state index is 4.91. The van der Waals surface area contributed by atoms with Crippen molar-refractivity contribution in [3.8, 4) is 0 Å². The van der Waals surface area contributed by atoms with Gasteiger partial charge in [0, 0.05) is 17.7 Å². The molecule has 1 unspecified atom stereocenters. The normalized spacial score (nSPS) is 36.4. The van der Waals surface area contributed by atoms with Crippen LogP contribution in [0.25, 0.3) is 0 Å². The van der Waals surface area contributed by atoms with Crippen molar-refractivity contribution in [2.75, 3.05) is 6.54 Å². The van der Waals surface area contributed by atoms with Gasteiger partial charge >= 0.3 is 0 Å². The summed E-state index contributed by atoms with van der Waals surface area (Å²) in [7, 11) is 0. The van der Waals surface area contributed by atoms with Gasteiger partial charge in [-0.3, -0.25) is 4.99 Å². The van der Waals surface area contributed by atoms with Gasteiger partial charge in [0.15, 0.2) is 0 Å². The van der Waals surface area contributed by atoms with E-state index in [-0.39, 0.29) is 0 Å². The zero-order valence-electron chi connectivity index (χ0n) is 12.4. The van der Waals surface area contributed by atoms with Gasteiger partial charge in [-0.2, -0.15) is 0 Å². The Balaban J connectivity index is 1.95. The van der Waals surface area contributed by atoms with Gasteiger partial charge in [0.1, 0.15) is 0 Å². The Labute approximate surface area is 112 Å². The van der Waals surface area contributed by atoms with Crippen LogP contribution in [-0.2, 0) is 0 Å². The summed E-state index contributed by atoms with van der Waals surface area (Å²) in [5.41, 5.74) is 2.35. The monoisotopic (exact) mass is 245 g/mol. The lowest BCUT2D eigenvalue weighted by atomic mass is 9.70. The molecule has 0 aromatic heterocycles. The Morgan fingerprint density at radius 1 is 1.28 bits per heavy atom. The molecular formula is C17H27N. The molecule has 2 atom stereocenters. The van der Waals surface area contributed by atoms with E-state index in [9.17, 15) is 0 Å². The second-order valence-corrected chi connectivity index (χ2v) is 6.56. The molecule has 0 heterocycles. The van der Waals surface area contributed by atoms with Crippen molar-refractivity contribution in [2.45, 2.75) is 53.4 Å². The first-order chi connectivity index (χ1) is 8.52. The van der Waals surface area contributed by atoms with Crippen LogP contribution in [0.15, 0.2) is 29.3 Å². The van der Waals surface area contributed by atoms with E-state index in [0.717, 1.165) is 18.9 Å². The third kappa shape index (κ3) is 2.08. The Bertz CT molecular complexity index is 386. The van der Waals surface area contributed by atoms with E-state index in [1.807, 2.05) is 6.92 Å². The molecule has 1 heteroatoms. The van der Waals surface area contributed by atoms with Gasteiger partial charge in [-0.25, -0.2) is 0 Å². The van der Waals surface area contributed by atoms with Crippen molar-refractivity contribution >= 4 is 5.71 Å². The fraction of sp³-hybridized carbons (Fsp3) is 0.706. The summed E-state index contributed by atoms with van der Waals surface area (Å²) in [6.07, 6.45) is 13.5. The van der Waals surface area contributed by atoms with E-state index in [4.69, 9.17) is 4.99 Å². The van der Waals surface area contributed by atoms with Crippen molar-refractivity contribution in [3.05, 3.63) is 24.3 Å². The molecule has 2 bridgehead atoms. The summed E-state index contributed by atoms with van der Waals surface area (Å²) in [5.74, 6) is 0.875. The van der Waals surface area contributed by atoms with Crippen LogP contribution in [0.2, 0.25) is 0 Å². The summed E-state index contributed by atoms with van der Waals surface area (Å²) in [4.78, 5) is 4.91. The Morgan fingerprint density at radius 2 is 2.06 bits per heavy atom. The highest BCUT2D eigenvalue weighted by molar-refractivity contribution is 5.94. The largest absolute Gasteiger partial charge is 0.293 e. The van der Waals surface area contributed by atoms with Gasteiger partial charge in [0.05, 0.1) is 0 Å². The van der Waals surface area contributed by atoms with Gasteiger partial charge in [0.2, 0.25) is 0 Å². The number of rotatable bonds is 4. The zero-order valence-corrected chi connectivity index (χ0v) is 12.4. The highest BCUT2D eigenvalue weighted by atomic mass is 14.8. The standard InChI is InChI=1S/C17H27N/c1-5-6-7-8-9-12-18-15-13-14-10-11-17(15,4)16(14,2)3/h5-8,14H,9-13H2,1-4H3/b6-5-,8-7-,18-15+/t14?,17-/m0/s1. The number of allylic oxidation sites excluding steroid dienone is 3. The highest BCUT2D eigenvalue weighted by Crippen LogP contribution is 2.63. The molecule has 2 saturated carbocycles. The van der Waals surface area contributed by atoms with Crippen molar-refractivity contribution < 1.29 is 0 Å². The number of hydrogen-bond donors (Lipinski definition) is 0. The molecule has 18 heavy (non-hydrogen) atoms. The van der Waals surface area contributed by atoms with E-state index in [1.54, 1.807) is 0 Å². The van der Waals surface area contributed by atoms with E-state index >= 15 is 0 Å². The first kappa shape index (κ1) is 13.6. The molecule has 0 amide bonds. The van der Waals surface area contributed by atoms with Crippen LogP contribution in [-0.4, -0.2) is 12.3 Å². The molecule has 1 nitrogen and oxygen atoms in total. The van der Waals surface area contributed by atoms with Crippen molar-refractivity contribution in [1.82, 2.24) is 0 Å². The van der Waals surface area contributed by atoms with Crippen LogP contribution in [0.4, 0.5) is 0 Å². The Hall–Kier alpha value is -0.850. The minimum atomic E-state index is 0.380. The smallest absolute Gasteiger partial charge is 0.0423 e. The predicted molar refractivity (Wildman–Crippen MR) is 80.1 cm³/mol. The quantitative estimate of drug-likeness (QED) is 0.498. The minimum absolute atomic E-state index is 0.380. The molecule has 2 aliphatic carbocycles. The molecule has 2 rings (SSSR count). The number of aliphatic imine (C=N–C) groups is 1. The zero-order chi connectivity index (χ0) is 13.2. The van der Waals surface area contributed by atoms with Crippen molar-refractivity contribution in [2.24, 2.45) is 21.7 Å². The predicted octanol–water partition coefficient (Wildman–Crippen LogP) is 4.80. The van der Waals surface area contributed by atoms with Gasteiger partial charge in [0.25, 0.3) is 0 Å². The lowest BCUT2D eigenvalue weighted by Crippen LogP contribution is -2.32. The maximum Gasteiger partial charge on any atom is 0.0423 e. The molecule has 0 spiro atoms. The third-order valence-corrected chi connectivity index (χ3v) is 5.55. The summed E-state index contributed by atoms with van der Waals surface area (Å²) >= 11 is 0. The topological polar surface area (TPSA) is 12.4 Å². The van der Waals surface area contributed by atoms with Crippen LogP contribution in [0.1, 0.15) is 53.4 Å². The molecule has 0 aromatic rings. The third-order valence-electron chi connectivity index (χ3n) is 5.55. The van der Waals surface area contributed by atoms with Crippen LogP contribution in [0.3, 0.4) is 0 Å². The average molecular weight is 245 g/mol. The van der Waals surface area contributed by atoms with E-state index in [2.05, 4.69) is 45.1 Å². The molecular weight excluding hydrogens is 218 g/mol. The second kappa shape index (κ2) is 5.03. The van der Waals surface area contributed by atoms with Gasteiger partial charge in [-0.05, 0) is 43.9 Å². The van der Waals surface area contributed by atoms with Crippen molar-refractivity contribution in [3.63, 3.8) is 0 Å². The van der Waals surface area contributed by atoms with Crippen LogP contribution in [0.5, 0.6) is 0 Å². The first-order valence-electron chi connectivity index (χ1n) is 7.34. The van der Waals surface area contributed by atoms with Crippen LogP contribution >= 0.6 is 0 Å². The number of hydrogen-bond acceptors (Lipinski definition) is 1. The first-order valence-corrected chi connectivity index (χ1v) is 7.34. The lowest BCUT2D eigenvalue weighted by molar-refractivity contribution is 0.194. The SMILES string of the molecule is C/C=C\C=C/CC/N=C1\CC2CC[C@]1(C)C2(C)C. The summed E-state index contributed by atoms with van der Waals surface area (Å²) in [6, 6.07) is 0. The lowest BCUT2D eigenvalue weighted by Gasteiger charge is -2.34. The Morgan fingerprint density at radius 3 is 2.61 bits per heavy atom. The summed E-state index contributed by atoms with van der Waals surface area (Å²) in [6.45, 7) is 10.3. The van der Waals surface area contributed by atoms with E-state index in [1.165, 1.54) is 25.0 Å². The average Bonchev–Trinajstić information content (AvgIpc) is 2.66. The molecule has 0 aromatic carbocycles. The highest BCUT2D eigenvalue weighted by Gasteiger charge is 2.59. The molecule has 0 aliphatic heterocycles. The molecule has 0 N–H and O–H groups in total. The summed E-state index contributed by atoms with van der Waals surface area (Å²) in [5, 5.41) is 0. The van der Waals surface area contributed by atoms with Gasteiger partial charge < -0.3 is 0 Å². The van der Waals surface area contributed by atoms with Crippen LogP contribution in [0, 0.1) is 16.7 Å². The fourth-order valence-electron chi connectivity index (χ4n) is 3.73. The van der Waals surface area contributed by atoms with E-state index in [0.29, 0.717) is 10.8 Å². The molecule has 0 radical (unpaired) electrons. The molecule has 100 valence electrons. The molecule has 0 saturated heterocycles. The van der Waals surface area contributed by atoms with Crippen molar-refractivity contribution in [1.29, 1.82) is 0 Å². The summed E-state index contributed by atoms with van der Waals surface area (Å²) < 4.78 is 0. The van der Waals surface area contributed by atoms with Crippen LogP contribution < -0.4 is 0 Å². The number of nitrogens with zero attached hydrogens (tertiary/aromatic N) is 1. The molecule has 2 aliphatic rings. The minimum Gasteiger partial charge on any atom is -0.293 e. The molecule has 2 fully saturated rings. The van der Waals surface area contributed by atoms with E-state index < -0.39 is 0 Å². The fourth-order valence-corrected chi connectivity index (χ4v) is 3.73. The van der Waals surface area contributed by atoms with Gasteiger partial charge in [-0.15, -0.1) is 0 Å². The second-order valence-electron chi connectivity index (χ2n) is 6.56. The van der Waals surface area contributed by atoms with Gasteiger partial charge in [-0.1, -0.05) is 45.1 Å². The number of fused-ring (bicyclic) bond motifs is 2. The Kier molecular flexibility index (Phi) is 3.79. The maximum atomic E-state index is 4.91.